The van der Waals surface area contributed by atoms with E-state index in [1.54, 1.807) is 25.7 Å². The third kappa shape index (κ3) is 0.893. The highest BCUT2D eigenvalue weighted by molar-refractivity contribution is 9.09. The molecule has 0 nitrogen and oxygen atoms in total. The van der Waals surface area contributed by atoms with Crippen LogP contribution in [0.3, 0.4) is 0 Å². The maximum atomic E-state index is 3.69. The highest BCUT2D eigenvalue weighted by atomic mass is 79.9. The first-order valence-corrected chi connectivity index (χ1v) is 6.47. The molecule has 0 aliphatic heterocycles. The Morgan fingerprint density at radius 3 is 2.08 bits per heavy atom. The summed E-state index contributed by atoms with van der Waals surface area (Å²) >= 11 is 3.69. The average Bonchev–Trinajstić information content (AvgIpc) is 2.63. The van der Waals surface area contributed by atoms with Crippen molar-refractivity contribution in [3.63, 3.8) is 0 Å². The number of hydrogen-bond donors (Lipinski definition) is 0. The minimum atomic E-state index is 0.792. The Labute approximate surface area is 83.2 Å². The van der Waals surface area contributed by atoms with Gasteiger partial charge in [0.05, 0.1) is 0 Å². The van der Waals surface area contributed by atoms with Crippen molar-refractivity contribution in [1.82, 2.24) is 0 Å². The molecule has 3 saturated carbocycles. The number of alkyl halides is 1. The van der Waals surface area contributed by atoms with Gasteiger partial charge in [-0.3, -0.25) is 0 Å². The van der Waals surface area contributed by atoms with E-state index in [9.17, 15) is 0 Å². The lowest BCUT2D eigenvalue weighted by Crippen LogP contribution is -2.46. The quantitative estimate of drug-likeness (QED) is 0.632. The monoisotopic (exact) mass is 228 g/mol. The van der Waals surface area contributed by atoms with Crippen molar-refractivity contribution < 1.29 is 0 Å². The molecule has 12 heavy (non-hydrogen) atoms. The molecule has 0 saturated heterocycles. The maximum Gasteiger partial charge on any atom is 0.00906 e. The van der Waals surface area contributed by atoms with Gasteiger partial charge in [0.2, 0.25) is 0 Å². The highest BCUT2D eigenvalue weighted by Gasteiger charge is 2.59. The van der Waals surface area contributed by atoms with Gasteiger partial charge in [0, 0.05) is 5.33 Å². The van der Waals surface area contributed by atoms with E-state index >= 15 is 0 Å². The first kappa shape index (κ1) is 7.84. The zero-order valence-corrected chi connectivity index (χ0v) is 9.20. The summed E-state index contributed by atoms with van der Waals surface area (Å²) in [6.07, 6.45) is 10.8. The van der Waals surface area contributed by atoms with Gasteiger partial charge in [-0.2, -0.15) is 0 Å². The molecule has 0 N–H and O–H groups in total. The second-order valence-corrected chi connectivity index (χ2v) is 6.02. The van der Waals surface area contributed by atoms with Gasteiger partial charge in [0.1, 0.15) is 0 Å². The zero-order valence-electron chi connectivity index (χ0n) is 7.61. The van der Waals surface area contributed by atoms with Gasteiger partial charge in [-0.15, -0.1) is 0 Å². The zero-order chi connectivity index (χ0) is 8.23. The van der Waals surface area contributed by atoms with Crippen molar-refractivity contribution >= 4 is 15.9 Å². The third-order valence-corrected chi connectivity index (χ3v) is 5.91. The second-order valence-electron chi connectivity index (χ2n) is 5.45. The van der Waals surface area contributed by atoms with E-state index < -0.39 is 0 Å². The van der Waals surface area contributed by atoms with E-state index in [4.69, 9.17) is 0 Å². The molecule has 0 heterocycles. The van der Waals surface area contributed by atoms with Gasteiger partial charge < -0.3 is 0 Å². The fraction of sp³-hybridized carbons (Fsp3) is 1.00. The molecule has 0 aromatic rings. The normalized spacial score (nSPS) is 35.8. The van der Waals surface area contributed by atoms with Crippen LogP contribution >= 0.6 is 15.9 Å². The summed E-state index contributed by atoms with van der Waals surface area (Å²) in [4.78, 5) is 0. The van der Waals surface area contributed by atoms with E-state index in [2.05, 4.69) is 15.9 Å². The van der Waals surface area contributed by atoms with Crippen LogP contribution in [0.4, 0.5) is 0 Å². The summed E-state index contributed by atoms with van der Waals surface area (Å²) in [6, 6.07) is 0. The summed E-state index contributed by atoms with van der Waals surface area (Å²) in [5.41, 5.74) is 1.68. The minimum Gasteiger partial charge on any atom is -0.0922 e. The van der Waals surface area contributed by atoms with Gasteiger partial charge in [-0.1, -0.05) is 22.4 Å². The molecule has 3 rings (SSSR count). The van der Waals surface area contributed by atoms with Crippen LogP contribution < -0.4 is 0 Å². The van der Waals surface area contributed by atoms with Crippen molar-refractivity contribution in [3.8, 4) is 0 Å². The van der Waals surface area contributed by atoms with Crippen LogP contribution in [0.5, 0.6) is 0 Å². The van der Waals surface area contributed by atoms with Crippen LogP contribution in [0.25, 0.3) is 0 Å². The Balaban J connectivity index is 1.62. The van der Waals surface area contributed by atoms with Crippen LogP contribution in [0.2, 0.25) is 0 Å². The van der Waals surface area contributed by atoms with E-state index in [1.807, 2.05) is 0 Å². The molecule has 68 valence electrons. The Morgan fingerprint density at radius 2 is 1.75 bits per heavy atom. The summed E-state index contributed by atoms with van der Waals surface area (Å²) in [7, 11) is 0. The van der Waals surface area contributed by atoms with Gasteiger partial charge in [0.25, 0.3) is 0 Å². The van der Waals surface area contributed by atoms with Crippen molar-refractivity contribution in [3.05, 3.63) is 0 Å². The van der Waals surface area contributed by atoms with Crippen molar-refractivity contribution in [2.75, 3.05) is 5.33 Å². The van der Waals surface area contributed by atoms with Crippen LogP contribution in [0.1, 0.15) is 44.9 Å². The molecule has 3 fully saturated rings. The second kappa shape index (κ2) is 2.29. The predicted molar refractivity (Wildman–Crippen MR) is 54.5 cm³/mol. The molecular formula is C11H17Br. The Kier molecular flexibility index (Phi) is 1.50. The summed E-state index contributed by atoms with van der Waals surface area (Å²) in [5, 5.41) is 1.28. The van der Waals surface area contributed by atoms with E-state index in [1.165, 1.54) is 24.6 Å². The average molecular weight is 229 g/mol. The van der Waals surface area contributed by atoms with Gasteiger partial charge >= 0.3 is 0 Å². The molecule has 0 aromatic heterocycles. The van der Waals surface area contributed by atoms with Crippen LogP contribution in [-0.4, -0.2) is 5.33 Å². The van der Waals surface area contributed by atoms with Crippen molar-refractivity contribution in [2.24, 2.45) is 16.7 Å². The molecule has 0 amide bonds. The van der Waals surface area contributed by atoms with Crippen molar-refractivity contribution in [1.29, 1.82) is 0 Å². The molecular weight excluding hydrogens is 212 g/mol. The van der Waals surface area contributed by atoms with Gasteiger partial charge in [-0.05, 0) is 55.3 Å². The molecule has 0 unspecified atom stereocenters. The minimum absolute atomic E-state index is 0.792. The Hall–Kier alpha value is 0.480. The predicted octanol–water partition coefficient (Wildman–Crippen LogP) is 3.74. The lowest BCUT2D eigenvalue weighted by molar-refractivity contribution is -0.0520. The largest absolute Gasteiger partial charge is 0.0922 e. The fourth-order valence-electron chi connectivity index (χ4n) is 3.32. The molecule has 0 atom stereocenters. The molecule has 0 bridgehead atoms. The van der Waals surface area contributed by atoms with Crippen LogP contribution in [-0.2, 0) is 0 Å². The lowest BCUT2D eigenvalue weighted by atomic mass is 9.49. The first-order chi connectivity index (χ1) is 5.79. The summed E-state index contributed by atoms with van der Waals surface area (Å²) < 4.78 is 0. The SMILES string of the molecule is BrCC1(C2CC3(CCC3)C2)CC1. The van der Waals surface area contributed by atoms with E-state index in [-0.39, 0.29) is 0 Å². The molecule has 1 spiro atoms. The fourth-order valence-corrected chi connectivity index (χ4v) is 4.33. The smallest absolute Gasteiger partial charge is 0.00906 e. The molecule has 0 radical (unpaired) electrons. The number of hydrogen-bond acceptors (Lipinski definition) is 0. The maximum absolute atomic E-state index is 3.69. The standard InChI is InChI=1S/C11H17Br/c12-8-11(4-5-11)9-6-10(7-9)2-1-3-10/h9H,1-8H2. The number of halogens is 1. The summed E-state index contributed by atoms with van der Waals surface area (Å²) in [5.74, 6) is 1.11. The molecule has 1 heteroatoms. The topological polar surface area (TPSA) is 0 Å². The summed E-state index contributed by atoms with van der Waals surface area (Å²) in [6.45, 7) is 0. The lowest BCUT2D eigenvalue weighted by Gasteiger charge is -2.56. The number of rotatable bonds is 2. The van der Waals surface area contributed by atoms with Gasteiger partial charge in [-0.25, -0.2) is 0 Å². The van der Waals surface area contributed by atoms with Gasteiger partial charge in [0.15, 0.2) is 0 Å². The van der Waals surface area contributed by atoms with E-state index in [0.717, 1.165) is 16.7 Å². The van der Waals surface area contributed by atoms with Crippen molar-refractivity contribution in [2.45, 2.75) is 44.9 Å². The Bertz CT molecular complexity index is 193. The third-order valence-electron chi connectivity index (χ3n) is 4.80. The van der Waals surface area contributed by atoms with Crippen LogP contribution in [0.15, 0.2) is 0 Å². The Morgan fingerprint density at radius 1 is 1.08 bits per heavy atom. The molecule has 3 aliphatic carbocycles. The van der Waals surface area contributed by atoms with Crippen LogP contribution in [0, 0.1) is 16.7 Å². The molecule has 3 aliphatic rings. The first-order valence-electron chi connectivity index (χ1n) is 5.35. The van der Waals surface area contributed by atoms with E-state index in [0.29, 0.717) is 0 Å². The molecule has 0 aromatic carbocycles. The highest BCUT2D eigenvalue weighted by Crippen LogP contribution is 2.69.